The zero-order valence-corrected chi connectivity index (χ0v) is 18.9. The smallest absolute Gasteiger partial charge is 0.0490 e. The summed E-state index contributed by atoms with van der Waals surface area (Å²) in [6, 6.07) is 41.2. The lowest BCUT2D eigenvalue weighted by molar-refractivity contribution is 1.01. The summed E-state index contributed by atoms with van der Waals surface area (Å²) in [6.07, 6.45) is 0. The predicted octanol–water partition coefficient (Wildman–Crippen LogP) is 8.44. The van der Waals surface area contributed by atoms with Crippen LogP contribution in [0.4, 0.5) is 17.1 Å². The van der Waals surface area contributed by atoms with E-state index in [0.29, 0.717) is 0 Å². The van der Waals surface area contributed by atoms with Crippen molar-refractivity contribution in [3.8, 4) is 0 Å². The van der Waals surface area contributed by atoms with Crippen molar-refractivity contribution in [2.45, 2.75) is 0 Å². The number of aryl methyl sites for hydroxylation is 1. The van der Waals surface area contributed by atoms with Crippen molar-refractivity contribution < 1.29 is 0 Å². The summed E-state index contributed by atoms with van der Waals surface area (Å²) in [5.74, 6) is 0. The molecule has 1 N–H and O–H groups in total. The zero-order valence-electron chi connectivity index (χ0n) is 18.9. The maximum Gasteiger partial charge on any atom is 0.0490 e. The Hall–Kier alpha value is -4.50. The highest BCUT2D eigenvalue weighted by Crippen LogP contribution is 2.39. The summed E-state index contributed by atoms with van der Waals surface area (Å²) >= 11 is 0. The van der Waals surface area contributed by atoms with Crippen molar-refractivity contribution in [2.24, 2.45) is 7.05 Å². The fraction of sp³-hybridized carbons (Fsp3) is 0.0323. The van der Waals surface area contributed by atoms with Crippen molar-refractivity contribution >= 4 is 60.7 Å². The molecule has 0 aliphatic rings. The number of H-pyrrole nitrogens is 1. The molecule has 162 valence electrons. The van der Waals surface area contributed by atoms with Gasteiger partial charge in [0, 0.05) is 67.7 Å². The first kappa shape index (κ1) is 19.0. The van der Waals surface area contributed by atoms with Crippen LogP contribution in [0.1, 0.15) is 0 Å². The minimum absolute atomic E-state index is 1.13. The van der Waals surface area contributed by atoms with Gasteiger partial charge in [-0.05, 0) is 54.6 Å². The molecular formula is C31H23N3. The van der Waals surface area contributed by atoms with Crippen molar-refractivity contribution in [1.29, 1.82) is 0 Å². The fourth-order valence-electron chi connectivity index (χ4n) is 5.30. The van der Waals surface area contributed by atoms with Gasteiger partial charge in [0.05, 0.1) is 0 Å². The average Bonchev–Trinajstić information content (AvgIpc) is 3.40. The second-order valence-corrected chi connectivity index (χ2v) is 8.85. The topological polar surface area (TPSA) is 24.0 Å². The molecule has 2 aromatic heterocycles. The van der Waals surface area contributed by atoms with Gasteiger partial charge in [0.1, 0.15) is 0 Å². The zero-order chi connectivity index (χ0) is 22.6. The second kappa shape index (κ2) is 7.26. The fourth-order valence-corrected chi connectivity index (χ4v) is 5.30. The van der Waals surface area contributed by atoms with Gasteiger partial charge in [0.25, 0.3) is 0 Å². The van der Waals surface area contributed by atoms with E-state index in [2.05, 4.69) is 137 Å². The summed E-state index contributed by atoms with van der Waals surface area (Å²) in [5.41, 5.74) is 8.21. The van der Waals surface area contributed by atoms with Crippen LogP contribution >= 0.6 is 0 Å². The van der Waals surface area contributed by atoms with Crippen LogP contribution in [0.25, 0.3) is 43.6 Å². The van der Waals surface area contributed by atoms with Crippen LogP contribution in [0, 0.1) is 0 Å². The number of hydrogen-bond donors (Lipinski definition) is 1. The van der Waals surface area contributed by atoms with E-state index in [1.165, 1.54) is 32.6 Å². The molecule has 0 unspecified atom stereocenters. The molecule has 0 atom stereocenters. The average molecular weight is 438 g/mol. The molecule has 0 aliphatic heterocycles. The Labute approximate surface area is 197 Å². The Morgan fingerprint density at radius 1 is 0.500 bits per heavy atom. The minimum Gasteiger partial charge on any atom is -0.354 e. The van der Waals surface area contributed by atoms with Gasteiger partial charge in [0.2, 0.25) is 0 Å². The van der Waals surface area contributed by atoms with E-state index in [4.69, 9.17) is 0 Å². The summed E-state index contributed by atoms with van der Waals surface area (Å²) in [6.45, 7) is 0. The Morgan fingerprint density at radius 3 is 2.03 bits per heavy atom. The maximum absolute atomic E-state index is 3.60. The lowest BCUT2D eigenvalue weighted by Crippen LogP contribution is -2.09. The number of nitrogens with zero attached hydrogens (tertiary/aromatic N) is 2. The summed E-state index contributed by atoms with van der Waals surface area (Å²) in [5, 5.41) is 5.05. The Bertz CT molecular complexity index is 1820. The molecule has 2 heterocycles. The van der Waals surface area contributed by atoms with Crippen LogP contribution in [0.5, 0.6) is 0 Å². The van der Waals surface area contributed by atoms with Crippen LogP contribution in [0.15, 0.2) is 115 Å². The van der Waals surface area contributed by atoms with Gasteiger partial charge in [0.15, 0.2) is 0 Å². The standard InChI is InChI=1S/C31H23N3/c1-33-30-14-8-6-12-26(30)27-19-22(16-18-31(27)33)34(21-9-3-2-4-10-21)23-15-17-25-24-11-5-7-13-28(24)32-29(25)20-23/h2-20,32H,1H3. The highest BCUT2D eigenvalue weighted by Gasteiger charge is 2.16. The second-order valence-electron chi connectivity index (χ2n) is 8.85. The van der Waals surface area contributed by atoms with Crippen LogP contribution in [0.3, 0.4) is 0 Å². The third-order valence-electron chi connectivity index (χ3n) is 6.92. The first-order chi connectivity index (χ1) is 16.8. The molecule has 3 nitrogen and oxygen atoms in total. The molecule has 34 heavy (non-hydrogen) atoms. The van der Waals surface area contributed by atoms with Gasteiger partial charge in [-0.15, -0.1) is 0 Å². The lowest BCUT2D eigenvalue weighted by Gasteiger charge is -2.25. The molecule has 0 saturated heterocycles. The molecule has 7 aromatic rings. The molecule has 0 fully saturated rings. The minimum atomic E-state index is 1.13. The van der Waals surface area contributed by atoms with Gasteiger partial charge in [-0.1, -0.05) is 60.7 Å². The quantitative estimate of drug-likeness (QED) is 0.295. The number of benzene rings is 5. The molecule has 0 bridgehead atoms. The van der Waals surface area contributed by atoms with Crippen LogP contribution in [0.2, 0.25) is 0 Å². The van der Waals surface area contributed by atoms with Gasteiger partial charge in [-0.25, -0.2) is 0 Å². The number of aromatic amines is 1. The normalized spacial score (nSPS) is 11.7. The largest absolute Gasteiger partial charge is 0.354 e. The van der Waals surface area contributed by atoms with Gasteiger partial charge in [-0.2, -0.15) is 0 Å². The third kappa shape index (κ3) is 2.77. The number of hydrogen-bond acceptors (Lipinski definition) is 1. The molecule has 0 saturated carbocycles. The number of rotatable bonds is 3. The highest BCUT2D eigenvalue weighted by atomic mass is 15.1. The van der Waals surface area contributed by atoms with E-state index in [0.717, 1.165) is 28.1 Å². The van der Waals surface area contributed by atoms with E-state index >= 15 is 0 Å². The number of nitrogens with one attached hydrogen (secondary N) is 1. The summed E-state index contributed by atoms with van der Waals surface area (Å²) in [4.78, 5) is 5.94. The van der Waals surface area contributed by atoms with E-state index in [1.54, 1.807) is 0 Å². The van der Waals surface area contributed by atoms with Crippen LogP contribution in [-0.4, -0.2) is 9.55 Å². The molecular weight excluding hydrogens is 414 g/mol. The van der Waals surface area contributed by atoms with Crippen molar-refractivity contribution in [1.82, 2.24) is 9.55 Å². The van der Waals surface area contributed by atoms with E-state index in [1.807, 2.05) is 0 Å². The van der Waals surface area contributed by atoms with Crippen LogP contribution in [-0.2, 0) is 7.05 Å². The van der Waals surface area contributed by atoms with Gasteiger partial charge >= 0.3 is 0 Å². The summed E-state index contributed by atoms with van der Waals surface area (Å²) < 4.78 is 2.28. The maximum atomic E-state index is 3.60. The first-order valence-corrected chi connectivity index (χ1v) is 11.6. The number of aromatic nitrogens is 2. The Morgan fingerprint density at radius 2 is 1.15 bits per heavy atom. The number of fused-ring (bicyclic) bond motifs is 6. The number of anilines is 3. The highest BCUT2D eigenvalue weighted by molar-refractivity contribution is 6.10. The van der Waals surface area contributed by atoms with E-state index < -0.39 is 0 Å². The Balaban J connectivity index is 1.47. The molecule has 0 spiro atoms. The SMILES string of the molecule is Cn1c2ccccc2c2cc(N(c3ccccc3)c3ccc4c(c3)[nH]c3ccccc34)ccc21. The predicted molar refractivity (Wildman–Crippen MR) is 144 cm³/mol. The number of para-hydroxylation sites is 3. The molecule has 0 radical (unpaired) electrons. The van der Waals surface area contributed by atoms with Gasteiger partial charge in [-0.3, -0.25) is 0 Å². The lowest BCUT2D eigenvalue weighted by atomic mass is 10.1. The third-order valence-corrected chi connectivity index (χ3v) is 6.92. The van der Waals surface area contributed by atoms with Crippen molar-refractivity contribution in [3.63, 3.8) is 0 Å². The molecule has 0 amide bonds. The molecule has 5 aromatic carbocycles. The molecule has 0 aliphatic carbocycles. The van der Waals surface area contributed by atoms with Crippen LogP contribution < -0.4 is 4.90 Å². The Kier molecular flexibility index (Phi) is 4.06. The van der Waals surface area contributed by atoms with Crippen molar-refractivity contribution in [3.05, 3.63) is 115 Å². The first-order valence-electron chi connectivity index (χ1n) is 11.6. The molecule has 3 heteroatoms. The van der Waals surface area contributed by atoms with E-state index in [9.17, 15) is 0 Å². The monoisotopic (exact) mass is 437 g/mol. The summed E-state index contributed by atoms with van der Waals surface area (Å²) in [7, 11) is 2.14. The van der Waals surface area contributed by atoms with Gasteiger partial charge < -0.3 is 14.5 Å². The van der Waals surface area contributed by atoms with E-state index in [-0.39, 0.29) is 0 Å². The molecule has 7 rings (SSSR count). The van der Waals surface area contributed by atoms with Crippen molar-refractivity contribution in [2.75, 3.05) is 4.90 Å².